The molecule has 1 fully saturated rings. The third-order valence-corrected chi connectivity index (χ3v) is 3.34. The van der Waals surface area contributed by atoms with E-state index in [0.717, 1.165) is 36.4 Å². The molecule has 17 heavy (non-hydrogen) atoms. The molecule has 0 saturated carbocycles. The van der Waals surface area contributed by atoms with Crippen molar-refractivity contribution in [1.29, 1.82) is 0 Å². The maximum absolute atomic E-state index is 4.55. The van der Waals surface area contributed by atoms with Crippen molar-refractivity contribution in [3.63, 3.8) is 0 Å². The number of anilines is 1. The summed E-state index contributed by atoms with van der Waals surface area (Å²) in [7, 11) is 0. The molecule has 0 bridgehead atoms. The summed E-state index contributed by atoms with van der Waals surface area (Å²) in [5.41, 5.74) is 0.798. The van der Waals surface area contributed by atoms with Gasteiger partial charge in [0.2, 0.25) is 0 Å². The number of aromatic nitrogens is 4. The van der Waals surface area contributed by atoms with Crippen LogP contribution in [0.3, 0.4) is 0 Å². The first kappa shape index (κ1) is 10.5. The van der Waals surface area contributed by atoms with Gasteiger partial charge in [0.05, 0.1) is 0 Å². The van der Waals surface area contributed by atoms with Crippen LogP contribution in [-0.4, -0.2) is 32.9 Å². The normalized spacial score (nSPS) is 25.4. The lowest BCUT2D eigenvalue weighted by atomic mass is 9.92. The van der Waals surface area contributed by atoms with E-state index in [1.165, 1.54) is 6.42 Å². The molecule has 1 aliphatic heterocycles. The van der Waals surface area contributed by atoms with Crippen LogP contribution in [0.25, 0.3) is 5.65 Å². The largest absolute Gasteiger partial charge is 0.355 e. The van der Waals surface area contributed by atoms with Crippen molar-refractivity contribution in [2.24, 2.45) is 11.8 Å². The first-order chi connectivity index (χ1) is 8.22. The third kappa shape index (κ3) is 1.97. The fourth-order valence-electron chi connectivity index (χ4n) is 2.74. The quantitative estimate of drug-likeness (QED) is 0.748. The molecule has 0 amide bonds. The minimum absolute atomic E-state index is 0.733. The van der Waals surface area contributed by atoms with Gasteiger partial charge in [-0.1, -0.05) is 13.8 Å². The molecular formula is C12H17N5. The van der Waals surface area contributed by atoms with E-state index in [0.29, 0.717) is 0 Å². The molecule has 2 aromatic rings. The summed E-state index contributed by atoms with van der Waals surface area (Å²) in [6, 6.07) is 4.01. The summed E-state index contributed by atoms with van der Waals surface area (Å²) in [5, 5.41) is 12.4. The first-order valence-electron chi connectivity index (χ1n) is 6.14. The lowest BCUT2D eigenvalue weighted by molar-refractivity contribution is 0.354. The molecular weight excluding hydrogens is 214 g/mol. The average molecular weight is 231 g/mol. The smallest absolute Gasteiger partial charge is 0.177 e. The lowest BCUT2D eigenvalue weighted by Crippen LogP contribution is -2.39. The Morgan fingerprint density at radius 3 is 2.71 bits per heavy atom. The Kier molecular flexibility index (Phi) is 2.46. The monoisotopic (exact) mass is 231 g/mol. The second-order valence-corrected chi connectivity index (χ2v) is 5.18. The summed E-state index contributed by atoms with van der Waals surface area (Å²) in [6.45, 7) is 6.79. The van der Waals surface area contributed by atoms with Gasteiger partial charge < -0.3 is 4.90 Å². The van der Waals surface area contributed by atoms with Gasteiger partial charge in [-0.05, 0) is 30.4 Å². The van der Waals surface area contributed by atoms with Crippen LogP contribution >= 0.6 is 0 Å². The number of hydrogen-bond donors (Lipinski definition) is 0. The highest BCUT2D eigenvalue weighted by Crippen LogP contribution is 2.24. The minimum Gasteiger partial charge on any atom is -0.355 e. The van der Waals surface area contributed by atoms with E-state index in [1.54, 1.807) is 10.8 Å². The minimum atomic E-state index is 0.733. The van der Waals surface area contributed by atoms with Gasteiger partial charge in [-0.15, -0.1) is 15.3 Å². The molecule has 1 saturated heterocycles. The molecule has 1 aliphatic rings. The number of hydrogen-bond acceptors (Lipinski definition) is 4. The van der Waals surface area contributed by atoms with E-state index in [-0.39, 0.29) is 0 Å². The van der Waals surface area contributed by atoms with Gasteiger partial charge in [0.15, 0.2) is 5.65 Å². The second-order valence-electron chi connectivity index (χ2n) is 5.18. The SMILES string of the molecule is CC1CC(C)CN(c2ccc3nncn3n2)C1. The van der Waals surface area contributed by atoms with Crippen LogP contribution in [0, 0.1) is 11.8 Å². The zero-order chi connectivity index (χ0) is 11.8. The van der Waals surface area contributed by atoms with E-state index in [1.807, 2.05) is 12.1 Å². The molecule has 5 heteroatoms. The Morgan fingerprint density at radius 1 is 1.18 bits per heavy atom. The van der Waals surface area contributed by atoms with Crippen molar-refractivity contribution in [2.75, 3.05) is 18.0 Å². The molecule has 0 radical (unpaired) electrons. The molecule has 2 unspecified atom stereocenters. The molecule has 0 aromatic carbocycles. The molecule has 3 heterocycles. The molecule has 5 nitrogen and oxygen atoms in total. The van der Waals surface area contributed by atoms with E-state index >= 15 is 0 Å². The van der Waals surface area contributed by atoms with Crippen molar-refractivity contribution < 1.29 is 0 Å². The van der Waals surface area contributed by atoms with Crippen molar-refractivity contribution >= 4 is 11.5 Å². The van der Waals surface area contributed by atoms with Crippen molar-refractivity contribution in [2.45, 2.75) is 20.3 Å². The predicted octanol–water partition coefficient (Wildman–Crippen LogP) is 1.61. The van der Waals surface area contributed by atoms with Gasteiger partial charge in [-0.3, -0.25) is 0 Å². The summed E-state index contributed by atoms with van der Waals surface area (Å²) in [5.74, 6) is 2.49. The fourth-order valence-corrected chi connectivity index (χ4v) is 2.74. The Hall–Kier alpha value is -1.65. The van der Waals surface area contributed by atoms with Crippen LogP contribution in [0.5, 0.6) is 0 Å². The summed E-state index contributed by atoms with van der Waals surface area (Å²) in [4.78, 5) is 2.36. The maximum atomic E-state index is 4.55. The van der Waals surface area contributed by atoms with E-state index < -0.39 is 0 Å². The maximum Gasteiger partial charge on any atom is 0.177 e. The molecule has 0 N–H and O–H groups in total. The van der Waals surface area contributed by atoms with Gasteiger partial charge in [0, 0.05) is 13.1 Å². The summed E-state index contributed by atoms with van der Waals surface area (Å²) >= 11 is 0. The second kappa shape index (κ2) is 3.98. The molecule has 90 valence electrons. The van der Waals surface area contributed by atoms with E-state index in [4.69, 9.17) is 0 Å². The molecule has 2 atom stereocenters. The summed E-state index contributed by atoms with van der Waals surface area (Å²) < 4.78 is 1.74. The molecule has 0 aliphatic carbocycles. The van der Waals surface area contributed by atoms with Gasteiger partial charge in [0.1, 0.15) is 12.1 Å². The number of rotatable bonds is 1. The van der Waals surface area contributed by atoms with Crippen LogP contribution in [-0.2, 0) is 0 Å². The third-order valence-electron chi connectivity index (χ3n) is 3.34. The van der Waals surface area contributed by atoms with Crippen molar-refractivity contribution in [1.82, 2.24) is 19.8 Å². The molecule has 3 rings (SSSR count). The predicted molar refractivity (Wildman–Crippen MR) is 65.9 cm³/mol. The van der Waals surface area contributed by atoms with Crippen molar-refractivity contribution in [3.05, 3.63) is 18.5 Å². The van der Waals surface area contributed by atoms with Crippen LogP contribution in [0.2, 0.25) is 0 Å². The van der Waals surface area contributed by atoms with Gasteiger partial charge >= 0.3 is 0 Å². The number of nitrogens with zero attached hydrogens (tertiary/aromatic N) is 5. The van der Waals surface area contributed by atoms with Crippen LogP contribution in [0.4, 0.5) is 5.82 Å². The standard InChI is InChI=1S/C12H17N5/c1-9-5-10(2)7-16(6-9)12-4-3-11-14-13-8-17(11)15-12/h3-4,8-10H,5-7H2,1-2H3. The lowest BCUT2D eigenvalue weighted by Gasteiger charge is -2.35. The Balaban J connectivity index is 1.91. The number of fused-ring (bicyclic) bond motifs is 1. The Morgan fingerprint density at radius 2 is 1.94 bits per heavy atom. The van der Waals surface area contributed by atoms with Crippen LogP contribution in [0.1, 0.15) is 20.3 Å². The topological polar surface area (TPSA) is 46.3 Å². The van der Waals surface area contributed by atoms with Gasteiger partial charge in [-0.2, -0.15) is 4.52 Å². The highest BCUT2D eigenvalue weighted by atomic mass is 15.4. The average Bonchev–Trinajstić information content (AvgIpc) is 2.74. The van der Waals surface area contributed by atoms with Gasteiger partial charge in [0.25, 0.3) is 0 Å². The highest BCUT2D eigenvalue weighted by Gasteiger charge is 2.22. The fraction of sp³-hybridized carbons (Fsp3) is 0.583. The Labute approximate surface area is 100 Å². The zero-order valence-corrected chi connectivity index (χ0v) is 10.2. The molecule has 0 spiro atoms. The van der Waals surface area contributed by atoms with E-state index in [9.17, 15) is 0 Å². The highest BCUT2D eigenvalue weighted by molar-refractivity contribution is 5.45. The Bertz CT molecular complexity index is 510. The summed E-state index contributed by atoms with van der Waals surface area (Å²) in [6.07, 6.45) is 2.96. The zero-order valence-electron chi connectivity index (χ0n) is 10.2. The van der Waals surface area contributed by atoms with Crippen molar-refractivity contribution in [3.8, 4) is 0 Å². The van der Waals surface area contributed by atoms with E-state index in [2.05, 4.69) is 34.0 Å². The van der Waals surface area contributed by atoms with Crippen LogP contribution < -0.4 is 4.90 Å². The van der Waals surface area contributed by atoms with Gasteiger partial charge in [-0.25, -0.2) is 0 Å². The van der Waals surface area contributed by atoms with Crippen LogP contribution in [0.15, 0.2) is 18.5 Å². The molecule has 2 aromatic heterocycles. The number of piperidine rings is 1. The first-order valence-corrected chi connectivity index (χ1v) is 6.14.